The molecule has 0 aliphatic heterocycles. The van der Waals surface area contributed by atoms with E-state index in [0.717, 1.165) is 70.6 Å². The van der Waals surface area contributed by atoms with E-state index in [-0.39, 0.29) is 24.9 Å². The van der Waals surface area contributed by atoms with E-state index in [0.29, 0.717) is 19.3 Å². The number of amides is 1. The van der Waals surface area contributed by atoms with Gasteiger partial charge in [-0.05, 0) is 44.9 Å². The van der Waals surface area contributed by atoms with Crippen molar-refractivity contribution in [2.75, 3.05) is 6.61 Å². The first kappa shape index (κ1) is 50.1. The van der Waals surface area contributed by atoms with Crippen LogP contribution in [0.1, 0.15) is 220 Å². The Kier molecular flexibility index (Phi) is 38.8. The Morgan fingerprint density at radius 3 is 1.56 bits per heavy atom. The second-order valence-corrected chi connectivity index (χ2v) is 15.1. The molecule has 6 heteroatoms. The van der Waals surface area contributed by atoms with Crippen molar-refractivity contribution in [2.24, 2.45) is 0 Å². The Bertz CT molecular complexity index is 869. The molecule has 0 aromatic carbocycles. The van der Waals surface area contributed by atoms with Gasteiger partial charge in [-0.15, -0.1) is 0 Å². The van der Waals surface area contributed by atoms with Crippen molar-refractivity contribution in [3.05, 3.63) is 36.5 Å². The van der Waals surface area contributed by atoms with Crippen LogP contribution < -0.4 is 5.32 Å². The number of ether oxygens (including phenoxy) is 1. The number of unbranched alkanes of at least 4 members (excludes halogenated alkanes) is 23. The number of allylic oxidation sites excluding steroid dienone is 6. The van der Waals surface area contributed by atoms with Gasteiger partial charge in [0.15, 0.2) is 0 Å². The second-order valence-electron chi connectivity index (χ2n) is 15.1. The minimum Gasteiger partial charge on any atom is -0.462 e. The zero-order valence-electron chi connectivity index (χ0n) is 34.4. The number of carbonyl (C=O) groups is 2. The Hall–Kier alpha value is -1.92. The first-order chi connectivity index (χ1) is 25.5. The van der Waals surface area contributed by atoms with Gasteiger partial charge < -0.3 is 20.3 Å². The molecule has 3 atom stereocenters. The van der Waals surface area contributed by atoms with Crippen LogP contribution in [0.3, 0.4) is 0 Å². The second kappa shape index (κ2) is 40.3. The van der Waals surface area contributed by atoms with Crippen LogP contribution in [-0.2, 0) is 14.3 Å². The van der Waals surface area contributed by atoms with Gasteiger partial charge in [0.2, 0.25) is 5.91 Å². The number of rotatable bonds is 39. The number of hydrogen-bond acceptors (Lipinski definition) is 5. The lowest BCUT2D eigenvalue weighted by Crippen LogP contribution is -2.46. The molecule has 0 heterocycles. The lowest BCUT2D eigenvalue weighted by Gasteiger charge is -2.24. The summed E-state index contributed by atoms with van der Waals surface area (Å²) in [6.45, 7) is 6.30. The van der Waals surface area contributed by atoms with Crippen LogP contribution in [0.15, 0.2) is 36.5 Å². The molecule has 0 radical (unpaired) electrons. The molecule has 0 saturated heterocycles. The molecule has 0 aliphatic rings. The van der Waals surface area contributed by atoms with Crippen LogP contribution >= 0.6 is 0 Å². The van der Waals surface area contributed by atoms with Crippen molar-refractivity contribution in [2.45, 2.75) is 238 Å². The van der Waals surface area contributed by atoms with Crippen molar-refractivity contribution in [3.63, 3.8) is 0 Å². The molecular formula is C46H85NO5. The molecule has 52 heavy (non-hydrogen) atoms. The summed E-state index contributed by atoms with van der Waals surface area (Å²) in [4.78, 5) is 25.8. The third-order valence-electron chi connectivity index (χ3n) is 10.0. The van der Waals surface area contributed by atoms with Crippen LogP contribution in [-0.4, -0.2) is 46.9 Å². The molecule has 3 N–H and O–H groups in total. The predicted molar refractivity (Wildman–Crippen MR) is 222 cm³/mol. The van der Waals surface area contributed by atoms with Gasteiger partial charge in [-0.3, -0.25) is 9.59 Å². The van der Waals surface area contributed by atoms with Crippen LogP contribution in [0, 0.1) is 0 Å². The number of esters is 1. The Labute approximate surface area is 322 Å². The summed E-state index contributed by atoms with van der Waals surface area (Å²) < 4.78 is 5.87. The van der Waals surface area contributed by atoms with E-state index < -0.39 is 18.2 Å². The highest BCUT2D eigenvalue weighted by molar-refractivity contribution is 5.77. The first-order valence-corrected chi connectivity index (χ1v) is 22.2. The van der Waals surface area contributed by atoms with Crippen LogP contribution in [0.5, 0.6) is 0 Å². The van der Waals surface area contributed by atoms with Gasteiger partial charge in [0.05, 0.1) is 25.2 Å². The summed E-state index contributed by atoms with van der Waals surface area (Å²) >= 11 is 0. The summed E-state index contributed by atoms with van der Waals surface area (Å²) in [7, 11) is 0. The highest BCUT2D eigenvalue weighted by atomic mass is 16.5. The average molecular weight is 732 g/mol. The summed E-state index contributed by atoms with van der Waals surface area (Å²) in [6.07, 6.45) is 45.0. The quantitative estimate of drug-likeness (QED) is 0.0332. The predicted octanol–water partition coefficient (Wildman–Crippen LogP) is 12.6. The highest BCUT2D eigenvalue weighted by Gasteiger charge is 2.24. The third kappa shape index (κ3) is 35.1. The zero-order valence-corrected chi connectivity index (χ0v) is 34.4. The minimum absolute atomic E-state index is 0.0740. The largest absolute Gasteiger partial charge is 0.462 e. The molecule has 1 amide bonds. The SMILES string of the molecule is CC/C=C/C=C/C=C/CCCCCCCCCC(=O)OC(CCCCCCCCC)CC(=O)NC(CO)C(O)CCCCCCCCCCCCC. The molecule has 0 spiro atoms. The van der Waals surface area contributed by atoms with Crippen molar-refractivity contribution >= 4 is 11.9 Å². The average Bonchev–Trinajstić information content (AvgIpc) is 3.13. The van der Waals surface area contributed by atoms with Crippen LogP contribution in [0.4, 0.5) is 0 Å². The molecule has 0 aliphatic carbocycles. The van der Waals surface area contributed by atoms with Gasteiger partial charge in [0.1, 0.15) is 6.10 Å². The summed E-state index contributed by atoms with van der Waals surface area (Å²) in [6, 6.07) is -0.697. The Morgan fingerprint density at radius 1 is 0.577 bits per heavy atom. The number of nitrogens with one attached hydrogen (secondary N) is 1. The van der Waals surface area contributed by atoms with Gasteiger partial charge in [-0.2, -0.15) is 0 Å². The molecule has 0 fully saturated rings. The maximum absolute atomic E-state index is 13.0. The molecule has 6 nitrogen and oxygen atoms in total. The smallest absolute Gasteiger partial charge is 0.306 e. The van der Waals surface area contributed by atoms with Gasteiger partial charge in [-0.25, -0.2) is 0 Å². The molecule has 0 aromatic heterocycles. The minimum atomic E-state index is -0.783. The van der Waals surface area contributed by atoms with Gasteiger partial charge in [0.25, 0.3) is 0 Å². The maximum Gasteiger partial charge on any atom is 0.306 e. The van der Waals surface area contributed by atoms with Gasteiger partial charge in [-0.1, -0.05) is 198 Å². The highest BCUT2D eigenvalue weighted by Crippen LogP contribution is 2.17. The van der Waals surface area contributed by atoms with Gasteiger partial charge >= 0.3 is 5.97 Å². The van der Waals surface area contributed by atoms with Crippen molar-refractivity contribution < 1.29 is 24.5 Å². The van der Waals surface area contributed by atoms with E-state index in [1.807, 2.05) is 0 Å². The van der Waals surface area contributed by atoms with E-state index in [4.69, 9.17) is 4.74 Å². The lowest BCUT2D eigenvalue weighted by atomic mass is 10.0. The molecule has 0 bridgehead atoms. The van der Waals surface area contributed by atoms with E-state index in [9.17, 15) is 19.8 Å². The maximum atomic E-state index is 13.0. The van der Waals surface area contributed by atoms with Crippen LogP contribution in [0.2, 0.25) is 0 Å². The Morgan fingerprint density at radius 2 is 1.04 bits per heavy atom. The summed E-state index contributed by atoms with van der Waals surface area (Å²) in [5.41, 5.74) is 0. The van der Waals surface area contributed by atoms with Crippen molar-refractivity contribution in [1.29, 1.82) is 0 Å². The number of carbonyl (C=O) groups excluding carboxylic acids is 2. The molecular weight excluding hydrogens is 647 g/mol. The summed E-state index contributed by atoms with van der Waals surface area (Å²) in [5.74, 6) is -0.490. The normalized spacial score (nSPS) is 13.7. The Balaban J connectivity index is 4.45. The number of aliphatic hydroxyl groups is 2. The molecule has 304 valence electrons. The zero-order chi connectivity index (χ0) is 38.2. The molecule has 3 unspecified atom stereocenters. The number of aliphatic hydroxyl groups excluding tert-OH is 2. The fourth-order valence-electron chi connectivity index (χ4n) is 6.66. The van der Waals surface area contributed by atoms with Crippen molar-refractivity contribution in [3.8, 4) is 0 Å². The monoisotopic (exact) mass is 732 g/mol. The van der Waals surface area contributed by atoms with E-state index in [2.05, 4.69) is 62.5 Å². The molecule has 0 rings (SSSR count). The summed E-state index contributed by atoms with van der Waals surface area (Å²) in [5, 5.41) is 23.5. The van der Waals surface area contributed by atoms with Crippen LogP contribution in [0.25, 0.3) is 0 Å². The number of hydrogen-bond donors (Lipinski definition) is 3. The van der Waals surface area contributed by atoms with E-state index in [1.54, 1.807) is 0 Å². The third-order valence-corrected chi connectivity index (χ3v) is 10.0. The van der Waals surface area contributed by atoms with Crippen molar-refractivity contribution in [1.82, 2.24) is 5.32 Å². The molecule has 0 aromatic rings. The fourth-order valence-corrected chi connectivity index (χ4v) is 6.66. The lowest BCUT2D eigenvalue weighted by molar-refractivity contribution is -0.151. The fraction of sp³-hybridized carbons (Fsp3) is 0.826. The molecule has 0 saturated carbocycles. The van der Waals surface area contributed by atoms with E-state index >= 15 is 0 Å². The topological polar surface area (TPSA) is 95.9 Å². The van der Waals surface area contributed by atoms with Gasteiger partial charge in [0, 0.05) is 6.42 Å². The standard InChI is InChI=1S/C46H85NO5/c1-4-7-10-13-16-18-20-21-22-23-25-27-30-33-36-39-46(51)52-42(37-34-31-28-15-12-9-6-3)40-45(50)47-43(41-48)44(49)38-35-32-29-26-24-19-17-14-11-8-5-2/h7,10,13,16,18,20,42-44,48-49H,4-6,8-9,11-12,14-15,17,19,21-41H2,1-3H3,(H,47,50)/b10-7+,16-13+,20-18+. The van der Waals surface area contributed by atoms with E-state index in [1.165, 1.54) is 103 Å². The first-order valence-electron chi connectivity index (χ1n) is 22.2.